The number of halogens is 3. The first-order valence-electron chi connectivity index (χ1n) is 5.78. The van der Waals surface area contributed by atoms with Crippen LogP contribution < -0.4 is 0 Å². The van der Waals surface area contributed by atoms with Crippen LogP contribution in [0.2, 0.25) is 0 Å². The van der Waals surface area contributed by atoms with E-state index in [0.29, 0.717) is 18.4 Å². The summed E-state index contributed by atoms with van der Waals surface area (Å²) in [4.78, 5) is 0. The molecule has 0 aliphatic rings. The van der Waals surface area contributed by atoms with Crippen LogP contribution in [0.4, 0.5) is 8.78 Å². The van der Waals surface area contributed by atoms with Gasteiger partial charge in [-0.15, -0.1) is 0 Å². The van der Waals surface area contributed by atoms with Gasteiger partial charge in [0.25, 0.3) is 0 Å². The van der Waals surface area contributed by atoms with Crippen LogP contribution in [-0.4, -0.2) is 14.9 Å². The fraction of sp³-hybridized carbons (Fsp3) is 0.308. The van der Waals surface area contributed by atoms with Crippen LogP contribution in [0.1, 0.15) is 23.7 Å². The standard InChI is InChI=1S/C13H13BrF2N2O/c1-18-7-8(6-17-18)2-5-11(19)9-3-4-10(15)13(16)12(9)14/h3-4,6-7,11,19H,2,5H2,1H3. The van der Waals surface area contributed by atoms with E-state index in [0.717, 1.165) is 11.6 Å². The summed E-state index contributed by atoms with van der Waals surface area (Å²) in [6.45, 7) is 0. The summed E-state index contributed by atoms with van der Waals surface area (Å²) in [5, 5.41) is 14.1. The average Bonchev–Trinajstić information content (AvgIpc) is 2.79. The lowest BCUT2D eigenvalue weighted by Crippen LogP contribution is -2.03. The van der Waals surface area contributed by atoms with Crippen LogP contribution in [-0.2, 0) is 13.5 Å². The van der Waals surface area contributed by atoms with Crippen molar-refractivity contribution in [3.05, 3.63) is 51.8 Å². The summed E-state index contributed by atoms with van der Waals surface area (Å²) < 4.78 is 28.0. The fourth-order valence-electron chi connectivity index (χ4n) is 1.86. The van der Waals surface area contributed by atoms with Crippen LogP contribution in [0.5, 0.6) is 0 Å². The van der Waals surface area contributed by atoms with Gasteiger partial charge in [-0.1, -0.05) is 6.07 Å². The molecule has 0 amide bonds. The number of aromatic nitrogens is 2. The molecule has 1 heterocycles. The van der Waals surface area contributed by atoms with Gasteiger partial charge in [-0.2, -0.15) is 5.10 Å². The Morgan fingerprint density at radius 2 is 2.16 bits per heavy atom. The zero-order valence-electron chi connectivity index (χ0n) is 10.3. The Hall–Kier alpha value is -1.27. The minimum absolute atomic E-state index is 0.0220. The van der Waals surface area contributed by atoms with Crippen LogP contribution >= 0.6 is 15.9 Å². The monoisotopic (exact) mass is 330 g/mol. The molecule has 1 N–H and O–H groups in total. The Morgan fingerprint density at radius 3 is 2.79 bits per heavy atom. The SMILES string of the molecule is Cn1cc(CCC(O)c2ccc(F)c(F)c2Br)cn1. The van der Waals surface area contributed by atoms with Crippen molar-refractivity contribution in [3.8, 4) is 0 Å². The second-order valence-corrected chi connectivity index (χ2v) is 5.13. The molecule has 0 aliphatic heterocycles. The zero-order valence-corrected chi connectivity index (χ0v) is 11.9. The van der Waals surface area contributed by atoms with Crippen LogP contribution in [0.3, 0.4) is 0 Å². The van der Waals surface area contributed by atoms with Gasteiger partial charge in [0, 0.05) is 13.2 Å². The summed E-state index contributed by atoms with van der Waals surface area (Å²) in [5.41, 5.74) is 1.34. The minimum atomic E-state index is -0.974. The van der Waals surface area contributed by atoms with E-state index in [9.17, 15) is 13.9 Å². The van der Waals surface area contributed by atoms with Gasteiger partial charge < -0.3 is 5.11 Å². The van der Waals surface area contributed by atoms with Crippen molar-refractivity contribution < 1.29 is 13.9 Å². The van der Waals surface area contributed by atoms with Gasteiger partial charge in [-0.25, -0.2) is 8.78 Å². The van der Waals surface area contributed by atoms with Gasteiger partial charge in [-0.05, 0) is 46.0 Å². The van der Waals surface area contributed by atoms with E-state index in [1.54, 1.807) is 10.9 Å². The van der Waals surface area contributed by atoms with Crippen molar-refractivity contribution in [3.63, 3.8) is 0 Å². The van der Waals surface area contributed by atoms with Gasteiger partial charge in [0.2, 0.25) is 0 Å². The normalized spacial score (nSPS) is 12.7. The molecule has 1 atom stereocenters. The average molecular weight is 331 g/mol. The quantitative estimate of drug-likeness (QED) is 0.874. The highest BCUT2D eigenvalue weighted by Gasteiger charge is 2.17. The third-order valence-electron chi connectivity index (χ3n) is 2.89. The van der Waals surface area contributed by atoms with Gasteiger partial charge in [0.15, 0.2) is 11.6 Å². The molecule has 3 nitrogen and oxygen atoms in total. The van der Waals surface area contributed by atoms with E-state index in [2.05, 4.69) is 21.0 Å². The number of rotatable bonds is 4. The maximum Gasteiger partial charge on any atom is 0.173 e. The van der Waals surface area contributed by atoms with Gasteiger partial charge in [-0.3, -0.25) is 4.68 Å². The third kappa shape index (κ3) is 3.19. The molecule has 1 aromatic carbocycles. The molecule has 0 radical (unpaired) electrons. The van der Waals surface area contributed by atoms with Crippen molar-refractivity contribution in [2.45, 2.75) is 18.9 Å². The van der Waals surface area contributed by atoms with Crippen molar-refractivity contribution in [1.29, 1.82) is 0 Å². The molecule has 0 aliphatic carbocycles. The van der Waals surface area contributed by atoms with Crippen molar-refractivity contribution in [1.82, 2.24) is 9.78 Å². The van der Waals surface area contributed by atoms with E-state index in [4.69, 9.17) is 0 Å². The Kier molecular flexibility index (Phi) is 4.31. The molecule has 0 bridgehead atoms. The molecule has 2 aromatic rings. The van der Waals surface area contributed by atoms with Crippen molar-refractivity contribution in [2.75, 3.05) is 0 Å². The molecule has 6 heteroatoms. The summed E-state index contributed by atoms with van der Waals surface area (Å²) in [6.07, 6.45) is 3.74. The molecule has 1 unspecified atom stereocenters. The molecule has 0 spiro atoms. The summed E-state index contributed by atoms with van der Waals surface area (Å²) in [5.74, 6) is -1.91. The summed E-state index contributed by atoms with van der Waals surface area (Å²) >= 11 is 2.97. The second kappa shape index (κ2) is 5.79. The van der Waals surface area contributed by atoms with Crippen LogP contribution in [0.15, 0.2) is 29.0 Å². The first-order valence-corrected chi connectivity index (χ1v) is 6.57. The predicted molar refractivity (Wildman–Crippen MR) is 70.5 cm³/mol. The molecule has 19 heavy (non-hydrogen) atoms. The number of benzene rings is 1. The molecular formula is C13H13BrF2N2O. The van der Waals surface area contributed by atoms with E-state index < -0.39 is 17.7 Å². The number of aliphatic hydroxyl groups excluding tert-OH is 1. The number of hydrogen-bond acceptors (Lipinski definition) is 2. The highest BCUT2D eigenvalue weighted by Crippen LogP contribution is 2.30. The Labute approximate surface area is 118 Å². The topological polar surface area (TPSA) is 38.0 Å². The van der Waals surface area contributed by atoms with E-state index >= 15 is 0 Å². The number of hydrogen-bond donors (Lipinski definition) is 1. The smallest absolute Gasteiger partial charge is 0.173 e. The second-order valence-electron chi connectivity index (χ2n) is 4.34. The zero-order chi connectivity index (χ0) is 14.0. The van der Waals surface area contributed by atoms with Gasteiger partial charge >= 0.3 is 0 Å². The van der Waals surface area contributed by atoms with E-state index in [1.807, 2.05) is 13.2 Å². The molecular weight excluding hydrogens is 318 g/mol. The first-order chi connectivity index (χ1) is 8.99. The van der Waals surface area contributed by atoms with E-state index in [1.165, 1.54) is 6.07 Å². The molecule has 0 saturated carbocycles. The highest BCUT2D eigenvalue weighted by atomic mass is 79.9. The number of nitrogens with zero attached hydrogens (tertiary/aromatic N) is 2. The minimum Gasteiger partial charge on any atom is -0.388 e. The lowest BCUT2D eigenvalue weighted by atomic mass is 10.0. The molecule has 102 valence electrons. The molecule has 1 aromatic heterocycles. The largest absolute Gasteiger partial charge is 0.388 e. The van der Waals surface area contributed by atoms with E-state index in [-0.39, 0.29) is 4.47 Å². The molecule has 2 rings (SSSR count). The summed E-state index contributed by atoms with van der Waals surface area (Å²) in [7, 11) is 1.81. The molecule has 0 saturated heterocycles. The third-order valence-corrected chi connectivity index (χ3v) is 3.69. The fourth-order valence-corrected chi connectivity index (χ4v) is 2.44. The maximum atomic E-state index is 13.4. The van der Waals surface area contributed by atoms with Crippen LogP contribution in [0, 0.1) is 11.6 Å². The number of aliphatic hydroxyl groups is 1. The van der Waals surface area contributed by atoms with Crippen molar-refractivity contribution >= 4 is 15.9 Å². The maximum absolute atomic E-state index is 13.4. The Bertz CT molecular complexity index is 586. The Balaban J connectivity index is 2.08. The Morgan fingerprint density at radius 1 is 1.42 bits per heavy atom. The van der Waals surface area contributed by atoms with Crippen LogP contribution in [0.25, 0.3) is 0 Å². The highest BCUT2D eigenvalue weighted by molar-refractivity contribution is 9.10. The van der Waals surface area contributed by atoms with Gasteiger partial charge in [0.05, 0.1) is 16.8 Å². The summed E-state index contributed by atoms with van der Waals surface area (Å²) in [6, 6.07) is 2.40. The molecule has 0 fully saturated rings. The lowest BCUT2D eigenvalue weighted by molar-refractivity contribution is 0.166. The number of aryl methyl sites for hydroxylation is 2. The lowest BCUT2D eigenvalue weighted by Gasteiger charge is -2.13. The van der Waals surface area contributed by atoms with Gasteiger partial charge in [0.1, 0.15) is 0 Å². The predicted octanol–water partition coefficient (Wildman–Crippen LogP) is 3.13. The van der Waals surface area contributed by atoms with Crippen molar-refractivity contribution in [2.24, 2.45) is 7.05 Å². The first kappa shape index (κ1) is 14.1.